The summed E-state index contributed by atoms with van der Waals surface area (Å²) in [4.78, 5) is 11.1. The van der Waals surface area contributed by atoms with E-state index in [1.54, 1.807) is 12.1 Å². The number of morpholine rings is 1. The van der Waals surface area contributed by atoms with Gasteiger partial charge in [-0.25, -0.2) is 4.79 Å². The summed E-state index contributed by atoms with van der Waals surface area (Å²) >= 11 is 0. The second kappa shape index (κ2) is 11.0. The van der Waals surface area contributed by atoms with E-state index in [1.165, 1.54) is 0 Å². The average Bonchev–Trinajstić information content (AvgIpc) is 2.78. The third-order valence-corrected chi connectivity index (χ3v) is 5.16. The van der Waals surface area contributed by atoms with Gasteiger partial charge in [0.05, 0.1) is 13.2 Å². The van der Waals surface area contributed by atoms with Crippen LogP contribution in [0.25, 0.3) is 11.1 Å². The molecule has 1 heterocycles. The van der Waals surface area contributed by atoms with Gasteiger partial charge in [0, 0.05) is 25.2 Å². The van der Waals surface area contributed by atoms with Crippen LogP contribution in [0.1, 0.15) is 11.1 Å². The van der Waals surface area contributed by atoms with E-state index in [0.29, 0.717) is 36.5 Å². The van der Waals surface area contributed by atoms with Crippen molar-refractivity contribution >= 4 is 5.97 Å². The Hall–Kier alpha value is -2.84. The Kier molecular flexibility index (Phi) is 9.02. The molecule has 2 aromatic carbocycles. The molecular weight excluding hydrogens is 513 g/mol. The Labute approximate surface area is 198 Å². The van der Waals surface area contributed by atoms with Gasteiger partial charge >= 0.3 is 24.5 Å². The highest BCUT2D eigenvalue weighted by Gasteiger charge is 2.71. The summed E-state index contributed by atoms with van der Waals surface area (Å²) in [5.74, 6) is -2.76. The fourth-order valence-electron chi connectivity index (χ4n) is 3.21. The molecule has 0 bridgehead atoms. The Morgan fingerprint density at radius 3 is 1.53 bits per heavy atom. The van der Waals surface area contributed by atoms with Crippen LogP contribution in [0.4, 0.5) is 39.5 Å². The molecule has 2 aromatic rings. The van der Waals surface area contributed by atoms with Crippen molar-refractivity contribution in [3.63, 3.8) is 0 Å². The van der Waals surface area contributed by atoms with Gasteiger partial charge < -0.3 is 14.9 Å². The van der Waals surface area contributed by atoms with E-state index in [9.17, 15) is 44.6 Å². The molecule has 36 heavy (non-hydrogen) atoms. The predicted molar refractivity (Wildman–Crippen MR) is 108 cm³/mol. The Morgan fingerprint density at radius 2 is 1.17 bits per heavy atom. The molecule has 3 rings (SSSR count). The maximum Gasteiger partial charge on any atom is 0.490 e. The molecule has 2 N–H and O–H groups in total. The molecule has 5 nitrogen and oxygen atoms in total. The molecule has 0 radical (unpaired) electrons. The molecule has 1 fully saturated rings. The zero-order valence-electron chi connectivity index (χ0n) is 18.2. The molecule has 0 saturated carbocycles. The van der Waals surface area contributed by atoms with E-state index in [4.69, 9.17) is 14.6 Å². The van der Waals surface area contributed by atoms with Gasteiger partial charge in [0.2, 0.25) is 0 Å². The third kappa shape index (κ3) is 7.11. The Bertz CT molecular complexity index is 981. The lowest BCUT2D eigenvalue weighted by Crippen LogP contribution is -2.53. The molecule has 200 valence electrons. The number of hydrogen-bond acceptors (Lipinski definition) is 4. The van der Waals surface area contributed by atoms with Crippen LogP contribution >= 0.6 is 0 Å². The highest BCUT2D eigenvalue weighted by molar-refractivity contribution is 5.73. The number of rotatable bonds is 4. The molecule has 1 saturated heterocycles. The summed E-state index contributed by atoms with van der Waals surface area (Å²) < 4.78 is 115. The lowest BCUT2D eigenvalue weighted by Gasteiger charge is -2.32. The van der Waals surface area contributed by atoms with Gasteiger partial charge in [0.15, 0.2) is 0 Å². The second-order valence-electron chi connectivity index (χ2n) is 7.67. The number of benzene rings is 2. The first-order valence-corrected chi connectivity index (χ1v) is 10.1. The van der Waals surface area contributed by atoms with Crippen LogP contribution < -0.4 is 0 Å². The molecule has 0 unspecified atom stereocenters. The summed E-state index contributed by atoms with van der Waals surface area (Å²) in [5, 5.41) is 16.6. The highest BCUT2D eigenvalue weighted by atomic mass is 19.4. The van der Waals surface area contributed by atoms with Crippen LogP contribution in [0.5, 0.6) is 0 Å². The van der Waals surface area contributed by atoms with Crippen LogP contribution in [0.15, 0.2) is 48.5 Å². The van der Waals surface area contributed by atoms with Crippen molar-refractivity contribution in [3.05, 3.63) is 59.7 Å². The third-order valence-electron chi connectivity index (χ3n) is 5.16. The highest BCUT2D eigenvalue weighted by Crippen LogP contribution is 2.50. The van der Waals surface area contributed by atoms with Crippen molar-refractivity contribution in [2.75, 3.05) is 26.3 Å². The van der Waals surface area contributed by atoms with Crippen molar-refractivity contribution < 1.29 is 59.3 Å². The Balaban J connectivity index is 0.000000572. The van der Waals surface area contributed by atoms with Crippen LogP contribution in [0, 0.1) is 0 Å². The standard InChI is InChI=1S/C20H19F6NO2.C2HF3O2/c21-19(22,23)18(28,20(24,25)26)17-7-5-16(6-8-17)15-3-1-14(2-4-15)13-27-9-11-29-12-10-27;3-2(4,5)1(6)7/h1-8,28H,9-13H2;(H,6,7). The SMILES string of the molecule is O=C(O)C(F)(F)F.OC(c1ccc(-c2ccc(CN3CCOCC3)cc2)cc1)(C(F)(F)F)C(F)(F)F. The summed E-state index contributed by atoms with van der Waals surface area (Å²) in [6.45, 7) is 3.72. The molecule has 0 aromatic heterocycles. The number of alkyl halides is 9. The van der Waals surface area contributed by atoms with Gasteiger partial charge in [-0.1, -0.05) is 48.5 Å². The van der Waals surface area contributed by atoms with Crippen LogP contribution in [-0.4, -0.2) is 65.9 Å². The number of ether oxygens (including phenoxy) is 1. The number of carboxylic acids is 1. The van der Waals surface area contributed by atoms with Gasteiger partial charge in [-0.05, 0) is 16.7 Å². The lowest BCUT2D eigenvalue weighted by molar-refractivity contribution is -0.376. The van der Waals surface area contributed by atoms with E-state index in [1.807, 2.05) is 12.1 Å². The number of hydrogen-bond donors (Lipinski definition) is 2. The van der Waals surface area contributed by atoms with E-state index >= 15 is 0 Å². The monoisotopic (exact) mass is 533 g/mol. The van der Waals surface area contributed by atoms with Crippen LogP contribution in [0.2, 0.25) is 0 Å². The first-order valence-electron chi connectivity index (χ1n) is 10.1. The van der Waals surface area contributed by atoms with Gasteiger partial charge in [0.1, 0.15) is 0 Å². The molecule has 0 amide bonds. The number of halogens is 9. The fraction of sp³-hybridized carbons (Fsp3) is 0.409. The minimum Gasteiger partial charge on any atom is -0.475 e. The molecule has 14 heteroatoms. The minimum absolute atomic E-state index is 0.443. The number of carboxylic acid groups (broad SMARTS) is 1. The van der Waals surface area contributed by atoms with Gasteiger partial charge in [-0.2, -0.15) is 39.5 Å². The Morgan fingerprint density at radius 1 is 0.778 bits per heavy atom. The minimum atomic E-state index is -5.89. The topological polar surface area (TPSA) is 70.0 Å². The van der Waals surface area contributed by atoms with E-state index in [-0.39, 0.29) is 0 Å². The van der Waals surface area contributed by atoms with E-state index in [2.05, 4.69) is 4.90 Å². The van der Waals surface area contributed by atoms with Crippen LogP contribution in [-0.2, 0) is 21.7 Å². The molecule has 1 aliphatic rings. The van der Waals surface area contributed by atoms with Crippen molar-refractivity contribution in [1.29, 1.82) is 0 Å². The maximum atomic E-state index is 13.0. The first kappa shape index (κ1) is 29.4. The molecule has 0 atom stereocenters. The van der Waals surface area contributed by atoms with Crippen molar-refractivity contribution in [2.24, 2.45) is 0 Å². The quantitative estimate of drug-likeness (QED) is 0.534. The molecule has 1 aliphatic heterocycles. The van der Waals surface area contributed by atoms with Gasteiger partial charge in [-0.3, -0.25) is 4.90 Å². The molecule has 0 aliphatic carbocycles. The van der Waals surface area contributed by atoms with Gasteiger partial charge in [-0.15, -0.1) is 0 Å². The zero-order chi connectivity index (χ0) is 27.4. The number of carbonyl (C=O) groups is 1. The van der Waals surface area contributed by atoms with Gasteiger partial charge in [0.25, 0.3) is 5.60 Å². The maximum absolute atomic E-state index is 13.0. The predicted octanol–water partition coefficient (Wildman–Crippen LogP) is 5.13. The second-order valence-corrected chi connectivity index (χ2v) is 7.67. The van der Waals surface area contributed by atoms with Crippen molar-refractivity contribution in [1.82, 2.24) is 4.90 Å². The number of nitrogens with zero attached hydrogens (tertiary/aromatic N) is 1. The molecular formula is C22H20F9NO4. The number of aliphatic hydroxyl groups is 1. The first-order chi connectivity index (χ1) is 16.5. The smallest absolute Gasteiger partial charge is 0.475 e. The average molecular weight is 533 g/mol. The summed E-state index contributed by atoms with van der Waals surface area (Å²) in [5.41, 5.74) is -4.07. The number of aliphatic carboxylic acids is 1. The van der Waals surface area contributed by atoms with Crippen molar-refractivity contribution in [3.8, 4) is 11.1 Å². The van der Waals surface area contributed by atoms with Crippen molar-refractivity contribution in [2.45, 2.75) is 30.7 Å². The largest absolute Gasteiger partial charge is 0.490 e. The fourth-order valence-corrected chi connectivity index (χ4v) is 3.21. The lowest BCUT2D eigenvalue weighted by atomic mass is 9.90. The summed E-state index contributed by atoms with van der Waals surface area (Å²) in [6.07, 6.45) is -16.9. The summed E-state index contributed by atoms with van der Waals surface area (Å²) in [7, 11) is 0. The van der Waals surface area contributed by atoms with E-state index < -0.39 is 35.7 Å². The molecule has 0 spiro atoms. The van der Waals surface area contributed by atoms with E-state index in [0.717, 1.165) is 37.3 Å². The summed E-state index contributed by atoms with van der Waals surface area (Å²) in [6, 6.07) is 10.8. The normalized spacial score (nSPS) is 15.7. The van der Waals surface area contributed by atoms with Crippen LogP contribution in [0.3, 0.4) is 0 Å². The zero-order valence-corrected chi connectivity index (χ0v) is 18.2.